The van der Waals surface area contributed by atoms with Gasteiger partial charge in [0.2, 0.25) is 0 Å². The van der Waals surface area contributed by atoms with Crippen LogP contribution in [0.15, 0.2) is 241 Å². The maximum absolute atomic E-state index is 6.69. The summed E-state index contributed by atoms with van der Waals surface area (Å²) in [5.41, 5.74) is 19.2. The normalized spacial score (nSPS) is 13.1. The number of hydrogen-bond acceptors (Lipinski definition) is 6. The van der Waals surface area contributed by atoms with E-state index in [9.17, 15) is 0 Å². The number of furan rings is 1. The fraction of sp³-hybridized carbons (Fsp3) is 0.0143. The van der Waals surface area contributed by atoms with Gasteiger partial charge < -0.3 is 4.42 Å². The van der Waals surface area contributed by atoms with E-state index in [1.807, 2.05) is 6.07 Å². The van der Waals surface area contributed by atoms with Gasteiger partial charge in [0, 0.05) is 67.8 Å². The molecule has 2 aliphatic rings. The number of hydrogen-bond donors (Lipinski definition) is 0. The van der Waals surface area contributed by atoms with Gasteiger partial charge >= 0.3 is 0 Å². The largest absolute Gasteiger partial charge is 0.456 e. The maximum Gasteiger partial charge on any atom is 0.164 e. The van der Waals surface area contributed by atoms with Crippen LogP contribution in [0.2, 0.25) is 0 Å². The molecule has 0 bridgehead atoms. The highest BCUT2D eigenvalue weighted by atomic mass is 32.1. The summed E-state index contributed by atoms with van der Waals surface area (Å²) in [5, 5.41) is 6.83. The van der Waals surface area contributed by atoms with Crippen LogP contribution in [0.4, 0.5) is 0 Å². The lowest BCUT2D eigenvalue weighted by molar-refractivity contribution is 0.669. The van der Waals surface area contributed by atoms with Gasteiger partial charge in [0.25, 0.3) is 0 Å². The molecule has 4 heterocycles. The van der Waals surface area contributed by atoms with Crippen LogP contribution in [-0.2, 0) is 5.41 Å². The summed E-state index contributed by atoms with van der Waals surface area (Å²) < 4.78 is 11.6. The molecule has 352 valence electrons. The van der Waals surface area contributed by atoms with E-state index in [1.54, 1.807) is 22.7 Å². The second kappa shape index (κ2) is 15.8. The van der Waals surface area contributed by atoms with E-state index < -0.39 is 0 Å². The SMILES string of the molecule is c1cc(-c2ccc3c(c2)-c2ccccc2C32c3ccccc3-c3ccccc32)cc(-c2ccc3oc4cccc(-c5nc(-c6ccc7c(c6)sc6ccccc67)nc(-c6cccc7sc8ccccc8c67)n5)c4c3c2)c1. The molecule has 0 N–H and O–H groups in total. The average molecular weight is 1000 g/mol. The van der Waals surface area contributed by atoms with Gasteiger partial charge in [-0.2, -0.15) is 0 Å². The van der Waals surface area contributed by atoms with Gasteiger partial charge in [-0.25, -0.2) is 15.0 Å². The molecule has 6 heteroatoms. The zero-order valence-corrected chi connectivity index (χ0v) is 42.2. The van der Waals surface area contributed by atoms with E-state index in [1.165, 1.54) is 85.0 Å². The van der Waals surface area contributed by atoms with Crippen LogP contribution < -0.4 is 0 Å². The minimum absolute atomic E-state index is 0.369. The van der Waals surface area contributed by atoms with Crippen molar-refractivity contribution in [1.82, 2.24) is 15.0 Å². The first-order valence-corrected chi connectivity index (χ1v) is 27.4. The predicted octanol–water partition coefficient (Wildman–Crippen LogP) is 19.2. The van der Waals surface area contributed by atoms with Crippen molar-refractivity contribution >= 4 is 85.0 Å². The van der Waals surface area contributed by atoms with Crippen molar-refractivity contribution in [3.8, 4) is 78.7 Å². The molecule has 0 saturated heterocycles. The molecule has 0 atom stereocenters. The molecular weight excluding hydrogens is 963 g/mol. The van der Waals surface area contributed by atoms with Crippen LogP contribution >= 0.6 is 22.7 Å². The second-order valence-corrected chi connectivity index (χ2v) is 22.3. The van der Waals surface area contributed by atoms with E-state index in [-0.39, 0.29) is 5.41 Å². The number of thiophene rings is 2. The summed E-state index contributed by atoms with van der Waals surface area (Å²) in [5.74, 6) is 1.86. The van der Waals surface area contributed by atoms with Crippen LogP contribution in [0.25, 0.3) is 141 Å². The maximum atomic E-state index is 6.69. The number of nitrogens with zero attached hydrogens (tertiary/aromatic N) is 3. The summed E-state index contributed by atoms with van der Waals surface area (Å²) in [7, 11) is 0. The first-order chi connectivity index (χ1) is 37.6. The lowest BCUT2D eigenvalue weighted by Gasteiger charge is -2.30. The molecule has 4 aromatic heterocycles. The van der Waals surface area contributed by atoms with Crippen LogP contribution in [0.5, 0.6) is 0 Å². The molecule has 0 saturated carbocycles. The summed E-state index contributed by atoms with van der Waals surface area (Å²) in [6.07, 6.45) is 0. The molecule has 76 heavy (non-hydrogen) atoms. The monoisotopic (exact) mass is 1000 g/mol. The van der Waals surface area contributed by atoms with E-state index in [0.29, 0.717) is 17.5 Å². The zero-order valence-electron chi connectivity index (χ0n) is 40.6. The summed E-state index contributed by atoms with van der Waals surface area (Å²) in [6, 6.07) is 86.2. The Balaban J connectivity index is 0.810. The van der Waals surface area contributed by atoms with Gasteiger partial charge in [-0.1, -0.05) is 182 Å². The fourth-order valence-electron chi connectivity index (χ4n) is 12.9. The molecule has 0 aliphatic heterocycles. The van der Waals surface area contributed by atoms with Crippen molar-refractivity contribution in [2.75, 3.05) is 0 Å². The minimum atomic E-state index is -0.369. The van der Waals surface area contributed by atoms with Gasteiger partial charge in [0.1, 0.15) is 11.2 Å². The molecule has 15 aromatic rings. The minimum Gasteiger partial charge on any atom is -0.456 e. The lowest BCUT2D eigenvalue weighted by Crippen LogP contribution is -2.25. The van der Waals surface area contributed by atoms with Crippen molar-refractivity contribution in [2.24, 2.45) is 0 Å². The van der Waals surface area contributed by atoms with Crippen molar-refractivity contribution in [1.29, 1.82) is 0 Å². The molecule has 0 fully saturated rings. The smallest absolute Gasteiger partial charge is 0.164 e. The highest BCUT2D eigenvalue weighted by Crippen LogP contribution is 2.63. The summed E-state index contributed by atoms with van der Waals surface area (Å²) in [4.78, 5) is 16.1. The molecule has 2 aliphatic carbocycles. The standard InChI is InChI=1S/C70H39N3OS2/c1-6-23-55-45(16-1)46-17-2-7-24-56(46)70(55)57-25-8-3-18-47(57)53-37-42(31-34-58(53)70)40-14-11-15-41(36-40)43-32-35-59-54(38-43)65-51(21-12-26-60(65)74-59)68-71-67(44-30-33-49-48-19-4-9-27-61(48)76-64(49)39-44)72-69(73-68)52-22-13-29-63-66(52)50-20-5-10-28-62(50)75-63/h1-39H. The van der Waals surface area contributed by atoms with Crippen molar-refractivity contribution in [3.05, 3.63) is 259 Å². The van der Waals surface area contributed by atoms with E-state index >= 15 is 0 Å². The zero-order chi connectivity index (χ0) is 49.6. The highest BCUT2D eigenvalue weighted by molar-refractivity contribution is 7.26. The first kappa shape index (κ1) is 42.1. The Kier molecular flexibility index (Phi) is 8.77. The van der Waals surface area contributed by atoms with E-state index in [4.69, 9.17) is 19.4 Å². The van der Waals surface area contributed by atoms with Crippen molar-refractivity contribution < 1.29 is 4.42 Å². The van der Waals surface area contributed by atoms with Crippen molar-refractivity contribution in [2.45, 2.75) is 5.41 Å². The number of rotatable bonds is 5. The molecule has 0 amide bonds. The van der Waals surface area contributed by atoms with Crippen LogP contribution in [0.3, 0.4) is 0 Å². The number of aromatic nitrogens is 3. The van der Waals surface area contributed by atoms with Gasteiger partial charge in [-0.05, 0) is 121 Å². The Labute approximate surface area is 444 Å². The van der Waals surface area contributed by atoms with Crippen molar-refractivity contribution in [3.63, 3.8) is 0 Å². The molecule has 1 spiro atoms. The summed E-state index contributed by atoms with van der Waals surface area (Å²) >= 11 is 3.60. The second-order valence-electron chi connectivity index (χ2n) is 20.1. The average Bonchev–Trinajstić information content (AvgIpc) is 4.42. The Morgan fingerprint density at radius 2 is 0.776 bits per heavy atom. The fourth-order valence-corrected chi connectivity index (χ4v) is 15.2. The Bertz CT molecular complexity index is 4930. The molecule has 0 unspecified atom stereocenters. The molecule has 11 aromatic carbocycles. The third-order valence-electron chi connectivity index (χ3n) is 16.2. The third-order valence-corrected chi connectivity index (χ3v) is 18.4. The van der Waals surface area contributed by atoms with Crippen LogP contribution in [0, 0.1) is 0 Å². The molecule has 4 nitrogen and oxygen atoms in total. The highest BCUT2D eigenvalue weighted by Gasteiger charge is 2.51. The molecule has 17 rings (SSSR count). The van der Waals surface area contributed by atoms with E-state index in [0.717, 1.165) is 60.7 Å². The molecule has 0 radical (unpaired) electrons. The number of benzene rings is 11. The van der Waals surface area contributed by atoms with E-state index in [2.05, 4.69) is 231 Å². The Morgan fingerprint density at radius 1 is 0.276 bits per heavy atom. The van der Waals surface area contributed by atoms with Gasteiger partial charge in [-0.15, -0.1) is 22.7 Å². The Hall–Kier alpha value is -9.33. The third kappa shape index (κ3) is 5.91. The Morgan fingerprint density at radius 3 is 1.53 bits per heavy atom. The van der Waals surface area contributed by atoms with Gasteiger partial charge in [0.15, 0.2) is 17.5 Å². The molecular formula is C70H39N3OS2. The summed E-state index contributed by atoms with van der Waals surface area (Å²) in [6.45, 7) is 0. The van der Waals surface area contributed by atoms with Gasteiger partial charge in [0.05, 0.1) is 5.41 Å². The predicted molar refractivity (Wildman–Crippen MR) is 316 cm³/mol. The number of fused-ring (bicyclic) bond motifs is 19. The quantitative estimate of drug-likeness (QED) is 0.172. The van der Waals surface area contributed by atoms with Crippen LogP contribution in [0.1, 0.15) is 22.3 Å². The first-order valence-electron chi connectivity index (χ1n) is 25.7. The topological polar surface area (TPSA) is 51.8 Å². The van der Waals surface area contributed by atoms with Crippen LogP contribution in [-0.4, -0.2) is 15.0 Å². The van der Waals surface area contributed by atoms with Gasteiger partial charge in [-0.3, -0.25) is 0 Å². The lowest BCUT2D eigenvalue weighted by atomic mass is 9.70.